The average Bonchev–Trinajstić information content (AvgIpc) is 3.09. The van der Waals surface area contributed by atoms with E-state index < -0.39 is 33.3 Å². The zero-order chi connectivity index (χ0) is 25.1. The van der Waals surface area contributed by atoms with Gasteiger partial charge in [0.1, 0.15) is 29.7 Å². The minimum Gasteiger partial charge on any atom is -0.490 e. The van der Waals surface area contributed by atoms with Gasteiger partial charge in [-0.1, -0.05) is 12.1 Å². The molecule has 0 aromatic heterocycles. The molecule has 2 aromatic carbocycles. The lowest BCUT2D eigenvalue weighted by Gasteiger charge is -2.33. The lowest BCUT2D eigenvalue weighted by Crippen LogP contribution is -2.53. The van der Waals surface area contributed by atoms with Gasteiger partial charge in [0.15, 0.2) is 0 Å². The van der Waals surface area contributed by atoms with Crippen molar-refractivity contribution < 1.29 is 27.5 Å². The molecule has 10 nitrogen and oxygen atoms in total. The van der Waals surface area contributed by atoms with Crippen molar-refractivity contribution in [3.63, 3.8) is 0 Å². The highest BCUT2D eigenvalue weighted by Gasteiger charge is 2.46. The van der Waals surface area contributed by atoms with Gasteiger partial charge < -0.3 is 14.8 Å². The van der Waals surface area contributed by atoms with Crippen LogP contribution in [0.5, 0.6) is 11.5 Å². The quantitative estimate of drug-likeness (QED) is 0.530. The van der Waals surface area contributed by atoms with Gasteiger partial charge in [0.05, 0.1) is 17.4 Å². The number of nitrogens with zero attached hydrogens (tertiary/aromatic N) is 2. The minimum atomic E-state index is -3.75. The zero-order valence-corrected chi connectivity index (χ0v) is 20.0. The number of sulfonamides is 1. The average molecular weight is 499 g/mol. The molecule has 3 amide bonds. The van der Waals surface area contributed by atoms with Crippen molar-refractivity contribution in [3.05, 3.63) is 59.7 Å². The second kappa shape index (κ2) is 9.93. The summed E-state index contributed by atoms with van der Waals surface area (Å²) in [6.07, 6.45) is 0.869. The Balaban J connectivity index is 1.25. The molecule has 35 heavy (non-hydrogen) atoms. The van der Waals surface area contributed by atoms with Crippen LogP contribution in [-0.4, -0.2) is 55.1 Å². The van der Waals surface area contributed by atoms with E-state index in [0.29, 0.717) is 36.5 Å². The number of carbonyl (C=O) groups is 2. The van der Waals surface area contributed by atoms with Gasteiger partial charge in [0.25, 0.3) is 5.91 Å². The first-order chi connectivity index (χ1) is 16.7. The van der Waals surface area contributed by atoms with Gasteiger partial charge >= 0.3 is 6.03 Å². The fourth-order valence-corrected chi connectivity index (χ4v) is 5.90. The number of rotatable bonds is 8. The summed E-state index contributed by atoms with van der Waals surface area (Å²) < 4.78 is 38.8. The van der Waals surface area contributed by atoms with Crippen LogP contribution in [0, 0.1) is 11.3 Å². The highest BCUT2D eigenvalue weighted by Crippen LogP contribution is 2.25. The summed E-state index contributed by atoms with van der Waals surface area (Å²) in [7, 11) is -3.75. The van der Waals surface area contributed by atoms with E-state index >= 15 is 0 Å². The molecule has 4 rings (SSSR count). The van der Waals surface area contributed by atoms with Crippen molar-refractivity contribution in [2.24, 2.45) is 0 Å². The maximum absolute atomic E-state index is 12.8. The van der Waals surface area contributed by atoms with Crippen molar-refractivity contribution in [3.8, 4) is 17.6 Å². The van der Waals surface area contributed by atoms with E-state index in [1.165, 1.54) is 11.2 Å². The standard InChI is InChI=1S/C24H26N4O6S/c1-24(22(29)26-23(30)27-24)16-35(31,32)28-12-10-21(11-13-28)34-20-8-6-19(7-9-20)33-15-18-4-2-17(14-25)3-5-18/h2-9,21H,10-13,15-16H2,1H3,(H2,26,27,29,30)/t24-/m1/s1. The van der Waals surface area contributed by atoms with Crippen LogP contribution in [0.3, 0.4) is 0 Å². The summed E-state index contributed by atoms with van der Waals surface area (Å²) in [5.41, 5.74) is 0.0753. The highest BCUT2D eigenvalue weighted by atomic mass is 32.2. The summed E-state index contributed by atoms with van der Waals surface area (Å²) in [6.45, 7) is 2.32. The van der Waals surface area contributed by atoms with Crippen molar-refractivity contribution >= 4 is 22.0 Å². The van der Waals surface area contributed by atoms with Gasteiger partial charge in [0, 0.05) is 13.1 Å². The van der Waals surface area contributed by atoms with E-state index in [1.807, 2.05) is 12.1 Å². The molecule has 2 aromatic rings. The number of benzene rings is 2. The Bertz CT molecular complexity index is 1230. The number of hydrogen-bond acceptors (Lipinski definition) is 7. The van der Waals surface area contributed by atoms with Crippen molar-refractivity contribution in [1.82, 2.24) is 14.9 Å². The Labute approximate surface area is 203 Å². The maximum atomic E-state index is 12.8. The Morgan fingerprint density at radius 2 is 1.69 bits per heavy atom. The van der Waals surface area contributed by atoms with Crippen LogP contribution >= 0.6 is 0 Å². The largest absolute Gasteiger partial charge is 0.490 e. The minimum absolute atomic E-state index is 0.142. The number of amides is 3. The van der Waals surface area contributed by atoms with Crippen LogP contribution in [0.2, 0.25) is 0 Å². The topological polar surface area (TPSA) is 138 Å². The Morgan fingerprint density at radius 1 is 1.06 bits per heavy atom. The Morgan fingerprint density at radius 3 is 2.26 bits per heavy atom. The van der Waals surface area contributed by atoms with E-state index in [2.05, 4.69) is 16.7 Å². The molecular formula is C24H26N4O6S. The molecule has 2 heterocycles. The van der Waals surface area contributed by atoms with Crippen LogP contribution in [0.25, 0.3) is 0 Å². The Kier molecular flexibility index (Phi) is 6.95. The lowest BCUT2D eigenvalue weighted by molar-refractivity contribution is -0.122. The molecule has 2 saturated heterocycles. The van der Waals surface area contributed by atoms with E-state index in [0.717, 1.165) is 5.56 Å². The van der Waals surface area contributed by atoms with E-state index in [4.69, 9.17) is 14.7 Å². The van der Waals surface area contributed by atoms with Gasteiger partial charge in [-0.3, -0.25) is 10.1 Å². The van der Waals surface area contributed by atoms with Gasteiger partial charge in [-0.15, -0.1) is 0 Å². The second-order valence-corrected chi connectivity index (χ2v) is 10.8. The number of carbonyl (C=O) groups excluding carboxylic acids is 2. The van der Waals surface area contributed by atoms with Crippen LogP contribution < -0.4 is 20.1 Å². The number of imide groups is 1. The molecule has 2 aliphatic rings. The van der Waals surface area contributed by atoms with E-state index in [9.17, 15) is 18.0 Å². The van der Waals surface area contributed by atoms with E-state index in [-0.39, 0.29) is 19.2 Å². The third-order valence-electron chi connectivity index (χ3n) is 6.00. The number of urea groups is 1. The molecule has 0 saturated carbocycles. The number of nitriles is 1. The summed E-state index contributed by atoms with van der Waals surface area (Å²) in [5, 5.41) is 13.3. The van der Waals surface area contributed by atoms with Crippen LogP contribution in [0.4, 0.5) is 4.79 Å². The number of hydrogen-bond donors (Lipinski definition) is 2. The SMILES string of the molecule is C[C@]1(CS(=O)(=O)N2CCC(Oc3ccc(OCc4ccc(C#N)cc4)cc3)CC2)NC(=O)NC1=O. The molecule has 1 atom stereocenters. The summed E-state index contributed by atoms with van der Waals surface area (Å²) in [6, 6.07) is 15.8. The van der Waals surface area contributed by atoms with Gasteiger partial charge in [-0.2, -0.15) is 5.26 Å². The number of piperidine rings is 1. The summed E-state index contributed by atoms with van der Waals surface area (Å²) in [4.78, 5) is 23.4. The monoisotopic (exact) mass is 498 g/mol. The predicted octanol–water partition coefficient (Wildman–Crippen LogP) is 1.91. The molecule has 0 bridgehead atoms. The van der Waals surface area contributed by atoms with Gasteiger partial charge in [-0.25, -0.2) is 17.5 Å². The summed E-state index contributed by atoms with van der Waals surface area (Å²) >= 11 is 0. The van der Waals surface area contributed by atoms with Crippen LogP contribution in [-0.2, 0) is 21.4 Å². The molecule has 0 unspecified atom stereocenters. The molecule has 2 aliphatic heterocycles. The first kappa shape index (κ1) is 24.5. The molecule has 2 N–H and O–H groups in total. The number of ether oxygens (including phenoxy) is 2. The normalized spacial score (nSPS) is 21.1. The van der Waals surface area contributed by atoms with Crippen LogP contribution in [0.1, 0.15) is 30.9 Å². The fourth-order valence-electron chi connectivity index (χ4n) is 4.01. The van der Waals surface area contributed by atoms with Gasteiger partial charge in [0.2, 0.25) is 10.0 Å². The molecule has 0 aliphatic carbocycles. The summed E-state index contributed by atoms with van der Waals surface area (Å²) in [5.74, 6) is 0.204. The lowest BCUT2D eigenvalue weighted by atomic mass is 10.1. The first-order valence-electron chi connectivity index (χ1n) is 11.2. The molecule has 184 valence electrons. The predicted molar refractivity (Wildman–Crippen MR) is 126 cm³/mol. The molecule has 2 fully saturated rings. The molecule has 0 radical (unpaired) electrons. The molecule has 0 spiro atoms. The van der Waals surface area contributed by atoms with Gasteiger partial charge in [-0.05, 0) is 61.7 Å². The third-order valence-corrected chi connectivity index (χ3v) is 8.09. The molecule has 11 heteroatoms. The fraction of sp³-hybridized carbons (Fsp3) is 0.375. The van der Waals surface area contributed by atoms with Crippen molar-refractivity contribution in [2.45, 2.75) is 38.0 Å². The Hall–Kier alpha value is -3.62. The second-order valence-electron chi connectivity index (χ2n) is 8.78. The highest BCUT2D eigenvalue weighted by molar-refractivity contribution is 7.89. The third kappa shape index (κ3) is 5.90. The number of nitrogens with one attached hydrogen (secondary N) is 2. The maximum Gasteiger partial charge on any atom is 0.322 e. The molecular weight excluding hydrogens is 472 g/mol. The first-order valence-corrected chi connectivity index (χ1v) is 12.8. The smallest absolute Gasteiger partial charge is 0.322 e. The van der Waals surface area contributed by atoms with Crippen molar-refractivity contribution in [2.75, 3.05) is 18.8 Å². The zero-order valence-electron chi connectivity index (χ0n) is 19.2. The van der Waals surface area contributed by atoms with E-state index in [1.54, 1.807) is 36.4 Å². The van der Waals surface area contributed by atoms with Crippen LogP contribution in [0.15, 0.2) is 48.5 Å². The van der Waals surface area contributed by atoms with Crippen molar-refractivity contribution in [1.29, 1.82) is 5.26 Å².